The number of H-pyrrole nitrogens is 1. The van der Waals surface area contributed by atoms with Gasteiger partial charge in [0.15, 0.2) is 5.16 Å². The zero-order chi connectivity index (χ0) is 7.98. The van der Waals surface area contributed by atoms with Crippen molar-refractivity contribution in [1.29, 1.82) is 0 Å². The van der Waals surface area contributed by atoms with E-state index in [1.54, 1.807) is 6.20 Å². The molecule has 1 aromatic heterocycles. The van der Waals surface area contributed by atoms with Gasteiger partial charge in [-0.1, -0.05) is 13.8 Å². The van der Waals surface area contributed by atoms with Crippen molar-refractivity contribution in [3.05, 3.63) is 11.9 Å². The Morgan fingerprint density at radius 3 is 2.40 bits per heavy atom. The largest absolute Gasteiger partial charge is 0.336 e. The van der Waals surface area contributed by atoms with E-state index < -0.39 is 0 Å². The van der Waals surface area contributed by atoms with E-state index in [1.807, 2.05) is 20.8 Å². The molecule has 0 amide bonds. The second kappa shape index (κ2) is 5.68. The number of thiol groups is 1. The molecular weight excluding hydrogens is 164 g/mol. The summed E-state index contributed by atoms with van der Waals surface area (Å²) in [7, 11) is 1.32. The minimum atomic E-state index is 0.853. The van der Waals surface area contributed by atoms with Crippen molar-refractivity contribution in [1.82, 2.24) is 9.97 Å². The Bertz CT molecular complexity index is 174. The quantitative estimate of drug-likeness (QED) is 0.509. The summed E-state index contributed by atoms with van der Waals surface area (Å²) in [6.07, 6.45) is 1.78. The van der Waals surface area contributed by atoms with Crippen LogP contribution in [0.3, 0.4) is 0 Å². The number of nitrogens with one attached hydrogen (secondary N) is 1. The zero-order valence-electron chi connectivity index (χ0n) is 6.38. The highest BCUT2D eigenvalue weighted by Gasteiger charge is 1.90. The van der Waals surface area contributed by atoms with E-state index in [1.165, 1.54) is 10.8 Å². The van der Waals surface area contributed by atoms with Gasteiger partial charge >= 0.3 is 0 Å². The van der Waals surface area contributed by atoms with Crippen LogP contribution in [0.4, 0.5) is 0 Å². The van der Waals surface area contributed by atoms with Crippen LogP contribution in [-0.2, 0) is 0 Å². The molecule has 1 aromatic rings. The normalized spacial score (nSPS) is 8.40. The van der Waals surface area contributed by atoms with Crippen molar-refractivity contribution in [3.8, 4) is 0 Å². The highest BCUT2D eigenvalue weighted by atomic mass is 33.1. The topological polar surface area (TPSA) is 28.7 Å². The Balaban J connectivity index is 0.000000371. The monoisotopic (exact) mass is 176 g/mol. The number of aryl methyl sites for hydroxylation is 1. The standard InChI is InChI=1S/C4H6N2S2.C2H6/c1-3-2-5-4(6-3)8-7;1-2/h2,7H,1H3,(H,5,6);1-2H3. The lowest BCUT2D eigenvalue weighted by Gasteiger charge is -1.80. The molecule has 1 rings (SSSR count). The molecule has 0 radical (unpaired) electrons. The Morgan fingerprint density at radius 1 is 1.60 bits per heavy atom. The molecule has 0 fully saturated rings. The summed E-state index contributed by atoms with van der Waals surface area (Å²) in [6.45, 7) is 5.96. The maximum atomic E-state index is 3.97. The molecule has 58 valence electrons. The summed E-state index contributed by atoms with van der Waals surface area (Å²) >= 11 is 3.95. The SMILES string of the molecule is CC.Cc1cnc(SS)[nH]1. The van der Waals surface area contributed by atoms with Gasteiger partial charge in [0.2, 0.25) is 0 Å². The van der Waals surface area contributed by atoms with Crippen LogP contribution in [0.1, 0.15) is 19.5 Å². The van der Waals surface area contributed by atoms with E-state index in [2.05, 4.69) is 21.6 Å². The zero-order valence-corrected chi connectivity index (χ0v) is 8.09. The van der Waals surface area contributed by atoms with Crippen LogP contribution in [0.5, 0.6) is 0 Å². The maximum Gasteiger partial charge on any atom is 0.176 e. The number of aromatic nitrogens is 2. The van der Waals surface area contributed by atoms with E-state index in [0.29, 0.717) is 0 Å². The second-order valence-electron chi connectivity index (χ2n) is 1.46. The van der Waals surface area contributed by atoms with Crippen LogP contribution in [0.15, 0.2) is 11.4 Å². The molecule has 2 nitrogen and oxygen atoms in total. The smallest absolute Gasteiger partial charge is 0.176 e. The first-order chi connectivity index (χ1) is 4.83. The molecule has 0 aliphatic heterocycles. The van der Waals surface area contributed by atoms with E-state index in [4.69, 9.17) is 0 Å². The Hall–Kier alpha value is -0.0900. The third-order valence-electron chi connectivity index (χ3n) is 0.766. The molecule has 1 N–H and O–H groups in total. The van der Waals surface area contributed by atoms with Crippen LogP contribution >= 0.6 is 22.5 Å². The molecular formula is C6H12N2S2. The Kier molecular flexibility index (Phi) is 5.63. The van der Waals surface area contributed by atoms with Crippen molar-refractivity contribution in [2.24, 2.45) is 0 Å². The number of hydrogen-bond donors (Lipinski definition) is 2. The average Bonchev–Trinajstić information content (AvgIpc) is 2.40. The summed E-state index contributed by atoms with van der Waals surface area (Å²) in [4.78, 5) is 6.97. The Labute approximate surface area is 70.6 Å². The van der Waals surface area contributed by atoms with E-state index in [9.17, 15) is 0 Å². The van der Waals surface area contributed by atoms with Crippen molar-refractivity contribution in [2.45, 2.75) is 25.9 Å². The lowest BCUT2D eigenvalue weighted by atomic mass is 10.6. The second-order valence-corrected chi connectivity index (χ2v) is 2.58. The first-order valence-electron chi connectivity index (χ1n) is 3.16. The highest BCUT2D eigenvalue weighted by Crippen LogP contribution is 2.15. The van der Waals surface area contributed by atoms with Crippen LogP contribution in [0.2, 0.25) is 0 Å². The summed E-state index contributed by atoms with van der Waals surface area (Å²) in [5.41, 5.74) is 1.07. The van der Waals surface area contributed by atoms with Crippen molar-refractivity contribution < 1.29 is 0 Å². The number of rotatable bonds is 1. The lowest BCUT2D eigenvalue weighted by Crippen LogP contribution is -1.67. The summed E-state index contributed by atoms with van der Waals surface area (Å²) in [5, 5.41) is 0.853. The lowest BCUT2D eigenvalue weighted by molar-refractivity contribution is 1.05. The number of aromatic amines is 1. The molecule has 0 saturated carbocycles. The molecule has 0 atom stereocenters. The molecule has 4 heteroatoms. The van der Waals surface area contributed by atoms with Gasteiger partial charge in [0.25, 0.3) is 0 Å². The highest BCUT2D eigenvalue weighted by molar-refractivity contribution is 8.68. The minimum absolute atomic E-state index is 0.853. The molecule has 10 heavy (non-hydrogen) atoms. The average molecular weight is 176 g/mol. The first kappa shape index (κ1) is 9.91. The number of imidazole rings is 1. The van der Waals surface area contributed by atoms with Crippen LogP contribution in [0, 0.1) is 6.92 Å². The van der Waals surface area contributed by atoms with E-state index in [0.717, 1.165) is 10.9 Å². The molecule has 0 bridgehead atoms. The van der Waals surface area contributed by atoms with Gasteiger partial charge in [-0.05, 0) is 17.7 Å². The maximum absolute atomic E-state index is 3.97. The molecule has 0 aromatic carbocycles. The molecule has 0 aliphatic rings. The summed E-state index contributed by atoms with van der Waals surface area (Å²) < 4.78 is 0. The Morgan fingerprint density at radius 2 is 2.20 bits per heavy atom. The van der Waals surface area contributed by atoms with Gasteiger partial charge in [0.1, 0.15) is 0 Å². The van der Waals surface area contributed by atoms with Crippen molar-refractivity contribution in [3.63, 3.8) is 0 Å². The van der Waals surface area contributed by atoms with Gasteiger partial charge in [0, 0.05) is 11.9 Å². The summed E-state index contributed by atoms with van der Waals surface area (Å²) in [5.74, 6) is 0. The van der Waals surface area contributed by atoms with Gasteiger partial charge in [-0.15, -0.1) is 11.7 Å². The molecule has 0 spiro atoms. The van der Waals surface area contributed by atoms with Gasteiger partial charge in [0.05, 0.1) is 0 Å². The van der Waals surface area contributed by atoms with Crippen LogP contribution in [-0.4, -0.2) is 9.97 Å². The van der Waals surface area contributed by atoms with E-state index >= 15 is 0 Å². The predicted octanol–water partition coefficient (Wildman–Crippen LogP) is 2.68. The van der Waals surface area contributed by atoms with Gasteiger partial charge in [-0.25, -0.2) is 4.98 Å². The minimum Gasteiger partial charge on any atom is -0.336 e. The van der Waals surface area contributed by atoms with Crippen molar-refractivity contribution >= 4 is 22.5 Å². The van der Waals surface area contributed by atoms with Crippen LogP contribution in [0.25, 0.3) is 0 Å². The third kappa shape index (κ3) is 3.17. The summed E-state index contributed by atoms with van der Waals surface area (Å²) in [6, 6.07) is 0. The number of hydrogen-bond acceptors (Lipinski definition) is 3. The van der Waals surface area contributed by atoms with Gasteiger partial charge < -0.3 is 4.98 Å². The van der Waals surface area contributed by atoms with Crippen molar-refractivity contribution in [2.75, 3.05) is 0 Å². The fourth-order valence-corrected chi connectivity index (χ4v) is 1.02. The molecule has 0 unspecified atom stereocenters. The van der Waals surface area contributed by atoms with Gasteiger partial charge in [-0.2, -0.15) is 0 Å². The van der Waals surface area contributed by atoms with E-state index in [-0.39, 0.29) is 0 Å². The predicted molar refractivity (Wildman–Crippen MR) is 49.5 cm³/mol. The van der Waals surface area contributed by atoms with Gasteiger partial charge in [-0.3, -0.25) is 0 Å². The number of nitrogens with zero attached hydrogens (tertiary/aromatic N) is 1. The fraction of sp³-hybridized carbons (Fsp3) is 0.500. The molecule has 0 saturated heterocycles. The first-order valence-corrected chi connectivity index (χ1v) is 5.03. The van der Waals surface area contributed by atoms with Crippen LogP contribution < -0.4 is 0 Å². The molecule has 1 heterocycles. The fourth-order valence-electron chi connectivity index (χ4n) is 0.435. The molecule has 0 aliphatic carbocycles. The third-order valence-corrected chi connectivity index (χ3v) is 1.67.